The molecule has 0 aliphatic carbocycles. The summed E-state index contributed by atoms with van der Waals surface area (Å²) in [6.45, 7) is 4.42. The molecule has 6 heteroatoms. The number of rotatable bonds is 4. The molecule has 0 amide bonds. The SMILES string of the molecule is CCn1nc(C)c(N)c1C(=O)OCc1ccccc1Br. The number of hydrogen-bond acceptors (Lipinski definition) is 4. The second-order valence-electron chi connectivity index (χ2n) is 4.33. The van der Waals surface area contributed by atoms with Crippen molar-refractivity contribution in [3.63, 3.8) is 0 Å². The fourth-order valence-corrected chi connectivity index (χ4v) is 2.27. The van der Waals surface area contributed by atoms with Gasteiger partial charge < -0.3 is 10.5 Å². The molecule has 0 spiro atoms. The van der Waals surface area contributed by atoms with Gasteiger partial charge in [0.25, 0.3) is 0 Å². The van der Waals surface area contributed by atoms with Crippen LogP contribution in [0.1, 0.15) is 28.7 Å². The van der Waals surface area contributed by atoms with Crippen molar-refractivity contribution >= 4 is 27.6 Å². The molecule has 2 rings (SSSR count). The standard InChI is InChI=1S/C14H16BrN3O2/c1-3-18-13(12(16)9(2)17-18)14(19)20-8-10-6-4-5-7-11(10)15/h4-7H,3,8,16H2,1-2H3. The minimum absolute atomic E-state index is 0.188. The lowest BCUT2D eigenvalue weighted by atomic mass is 10.2. The smallest absolute Gasteiger partial charge is 0.359 e. The zero-order valence-electron chi connectivity index (χ0n) is 11.4. The van der Waals surface area contributed by atoms with Crippen molar-refractivity contribution in [2.24, 2.45) is 0 Å². The molecule has 0 saturated carbocycles. The lowest BCUT2D eigenvalue weighted by molar-refractivity contribution is 0.0459. The van der Waals surface area contributed by atoms with Crippen LogP contribution in [0.25, 0.3) is 0 Å². The number of anilines is 1. The van der Waals surface area contributed by atoms with Crippen LogP contribution < -0.4 is 5.73 Å². The molecule has 20 heavy (non-hydrogen) atoms. The summed E-state index contributed by atoms with van der Waals surface area (Å²) in [6.07, 6.45) is 0. The molecule has 0 bridgehead atoms. The number of hydrogen-bond donors (Lipinski definition) is 1. The number of halogens is 1. The van der Waals surface area contributed by atoms with Gasteiger partial charge in [-0.05, 0) is 19.9 Å². The molecule has 2 N–H and O–H groups in total. The van der Waals surface area contributed by atoms with E-state index in [0.29, 0.717) is 23.6 Å². The number of aryl methyl sites for hydroxylation is 2. The Hall–Kier alpha value is -1.82. The summed E-state index contributed by atoms with van der Waals surface area (Å²) in [4.78, 5) is 12.2. The van der Waals surface area contributed by atoms with Gasteiger partial charge in [0.05, 0.1) is 11.4 Å². The zero-order valence-corrected chi connectivity index (χ0v) is 13.0. The maximum absolute atomic E-state index is 12.2. The Morgan fingerprint density at radius 1 is 1.45 bits per heavy atom. The Bertz CT molecular complexity index is 637. The molecular weight excluding hydrogens is 322 g/mol. The molecule has 0 saturated heterocycles. The highest BCUT2D eigenvalue weighted by Crippen LogP contribution is 2.20. The van der Waals surface area contributed by atoms with Gasteiger partial charge in [-0.3, -0.25) is 4.68 Å². The number of ether oxygens (including phenoxy) is 1. The molecule has 106 valence electrons. The first-order chi connectivity index (χ1) is 9.54. The molecule has 1 heterocycles. The highest BCUT2D eigenvalue weighted by molar-refractivity contribution is 9.10. The van der Waals surface area contributed by atoms with E-state index in [0.717, 1.165) is 10.0 Å². The number of aromatic nitrogens is 2. The van der Waals surface area contributed by atoms with Crippen molar-refractivity contribution < 1.29 is 9.53 Å². The lowest BCUT2D eigenvalue weighted by Gasteiger charge is -2.08. The highest BCUT2D eigenvalue weighted by atomic mass is 79.9. The lowest BCUT2D eigenvalue weighted by Crippen LogP contribution is -2.14. The average Bonchev–Trinajstić information content (AvgIpc) is 2.73. The first-order valence-electron chi connectivity index (χ1n) is 6.28. The third-order valence-corrected chi connectivity index (χ3v) is 3.76. The first-order valence-corrected chi connectivity index (χ1v) is 7.07. The summed E-state index contributed by atoms with van der Waals surface area (Å²) >= 11 is 3.42. The number of nitrogen functional groups attached to an aromatic ring is 1. The number of nitrogens with zero attached hydrogens (tertiary/aromatic N) is 2. The summed E-state index contributed by atoms with van der Waals surface area (Å²) in [5, 5.41) is 4.20. The molecule has 2 aromatic rings. The van der Waals surface area contributed by atoms with Crippen LogP contribution in [0.15, 0.2) is 28.7 Å². The predicted octanol–water partition coefficient (Wildman–Crippen LogP) is 2.91. The molecule has 1 aromatic heterocycles. The van der Waals surface area contributed by atoms with Gasteiger partial charge in [0.15, 0.2) is 5.69 Å². The largest absolute Gasteiger partial charge is 0.456 e. The quantitative estimate of drug-likeness (QED) is 0.871. The van der Waals surface area contributed by atoms with Crippen molar-refractivity contribution in [3.8, 4) is 0 Å². The summed E-state index contributed by atoms with van der Waals surface area (Å²) in [7, 11) is 0. The Morgan fingerprint density at radius 3 is 2.80 bits per heavy atom. The number of nitrogens with two attached hydrogens (primary N) is 1. The maximum atomic E-state index is 12.2. The van der Waals surface area contributed by atoms with Gasteiger partial charge in [-0.15, -0.1) is 0 Å². The number of benzene rings is 1. The van der Waals surface area contributed by atoms with Crippen LogP contribution in [-0.2, 0) is 17.9 Å². The summed E-state index contributed by atoms with van der Waals surface area (Å²) in [5.41, 5.74) is 8.12. The van der Waals surface area contributed by atoms with E-state index in [9.17, 15) is 4.79 Å². The van der Waals surface area contributed by atoms with Crippen molar-refractivity contribution in [3.05, 3.63) is 45.7 Å². The van der Waals surface area contributed by atoms with Crippen LogP contribution in [-0.4, -0.2) is 15.7 Å². The van der Waals surface area contributed by atoms with E-state index in [4.69, 9.17) is 10.5 Å². The Kier molecular flexibility index (Phi) is 4.44. The first kappa shape index (κ1) is 14.6. The van der Waals surface area contributed by atoms with E-state index in [-0.39, 0.29) is 6.61 Å². The van der Waals surface area contributed by atoms with Crippen molar-refractivity contribution in [2.75, 3.05) is 5.73 Å². The van der Waals surface area contributed by atoms with Gasteiger partial charge >= 0.3 is 5.97 Å². The summed E-state index contributed by atoms with van der Waals surface area (Å²) < 4.78 is 7.79. The van der Waals surface area contributed by atoms with Crippen LogP contribution in [0, 0.1) is 6.92 Å². The molecule has 0 radical (unpaired) electrons. The molecule has 5 nitrogen and oxygen atoms in total. The highest BCUT2D eigenvalue weighted by Gasteiger charge is 2.20. The van der Waals surface area contributed by atoms with Crippen LogP contribution in [0.5, 0.6) is 0 Å². The van der Waals surface area contributed by atoms with Crippen LogP contribution >= 0.6 is 15.9 Å². The van der Waals surface area contributed by atoms with E-state index in [1.807, 2.05) is 31.2 Å². The van der Waals surface area contributed by atoms with Gasteiger partial charge in [0.2, 0.25) is 0 Å². The average molecular weight is 338 g/mol. The van der Waals surface area contributed by atoms with E-state index >= 15 is 0 Å². The molecule has 0 unspecified atom stereocenters. The number of carbonyl (C=O) groups is 1. The van der Waals surface area contributed by atoms with E-state index in [1.54, 1.807) is 11.6 Å². The predicted molar refractivity (Wildman–Crippen MR) is 80.3 cm³/mol. The van der Waals surface area contributed by atoms with Crippen molar-refractivity contribution in [1.82, 2.24) is 9.78 Å². The molecule has 0 atom stereocenters. The topological polar surface area (TPSA) is 70.1 Å². The molecule has 0 aliphatic rings. The Labute approximate surface area is 125 Å². The zero-order chi connectivity index (χ0) is 14.7. The third kappa shape index (κ3) is 2.85. The second-order valence-corrected chi connectivity index (χ2v) is 5.19. The van der Waals surface area contributed by atoms with E-state index in [1.165, 1.54) is 0 Å². The maximum Gasteiger partial charge on any atom is 0.359 e. The number of carbonyl (C=O) groups excluding carboxylic acids is 1. The normalized spacial score (nSPS) is 10.6. The van der Waals surface area contributed by atoms with Gasteiger partial charge in [0.1, 0.15) is 6.61 Å². The summed E-state index contributed by atoms with van der Waals surface area (Å²) in [5.74, 6) is -0.458. The number of esters is 1. The monoisotopic (exact) mass is 337 g/mol. The van der Waals surface area contributed by atoms with E-state index in [2.05, 4.69) is 21.0 Å². The third-order valence-electron chi connectivity index (χ3n) is 2.98. The fraction of sp³-hybridized carbons (Fsp3) is 0.286. The molecule has 1 aromatic carbocycles. The second kappa shape index (κ2) is 6.09. The van der Waals surface area contributed by atoms with Crippen LogP contribution in [0.2, 0.25) is 0 Å². The van der Waals surface area contributed by atoms with Gasteiger partial charge in [0, 0.05) is 16.6 Å². The summed E-state index contributed by atoms with van der Waals surface area (Å²) in [6, 6.07) is 7.59. The Balaban J connectivity index is 2.15. The van der Waals surface area contributed by atoms with Crippen molar-refractivity contribution in [1.29, 1.82) is 0 Å². The van der Waals surface area contributed by atoms with Gasteiger partial charge in [-0.2, -0.15) is 5.10 Å². The minimum Gasteiger partial charge on any atom is -0.456 e. The minimum atomic E-state index is -0.458. The van der Waals surface area contributed by atoms with Crippen molar-refractivity contribution in [2.45, 2.75) is 27.0 Å². The van der Waals surface area contributed by atoms with Crippen LogP contribution in [0.3, 0.4) is 0 Å². The fourth-order valence-electron chi connectivity index (χ4n) is 1.87. The molecular formula is C14H16BrN3O2. The Morgan fingerprint density at radius 2 is 2.15 bits per heavy atom. The van der Waals surface area contributed by atoms with Gasteiger partial charge in [-0.25, -0.2) is 4.79 Å². The molecule has 0 fully saturated rings. The van der Waals surface area contributed by atoms with E-state index < -0.39 is 5.97 Å². The van der Waals surface area contributed by atoms with Crippen LogP contribution in [0.4, 0.5) is 5.69 Å². The van der Waals surface area contributed by atoms with Gasteiger partial charge in [-0.1, -0.05) is 34.1 Å². The molecule has 0 aliphatic heterocycles.